The second kappa shape index (κ2) is 4.69. The Balaban J connectivity index is 2.17. The molecule has 0 bridgehead atoms. The van der Waals surface area contributed by atoms with E-state index in [0.717, 1.165) is 23.2 Å². The number of nitrogens with two attached hydrogens (primary N) is 1. The summed E-state index contributed by atoms with van der Waals surface area (Å²) in [5.41, 5.74) is 8.37. The van der Waals surface area contributed by atoms with Crippen LogP contribution in [0.15, 0.2) is 18.2 Å². The van der Waals surface area contributed by atoms with Gasteiger partial charge >= 0.3 is 0 Å². The number of anilines is 1. The molecule has 0 spiro atoms. The number of aromatic nitrogens is 2. The number of nitrogen functional groups attached to an aromatic ring is 1. The first-order valence-electron chi connectivity index (χ1n) is 7.51. The van der Waals surface area contributed by atoms with Gasteiger partial charge in [0.05, 0.1) is 11.6 Å². The molecule has 1 aliphatic carbocycles. The first kappa shape index (κ1) is 13.3. The Morgan fingerprint density at radius 2 is 2.15 bits per heavy atom. The highest BCUT2D eigenvalue weighted by atomic mass is 16.5. The van der Waals surface area contributed by atoms with E-state index in [9.17, 15) is 0 Å². The maximum atomic E-state index is 6.22. The predicted molar refractivity (Wildman–Crippen MR) is 82.0 cm³/mol. The van der Waals surface area contributed by atoms with Crippen LogP contribution in [-0.2, 0) is 5.54 Å². The van der Waals surface area contributed by atoms with E-state index in [0.29, 0.717) is 5.95 Å². The lowest BCUT2D eigenvalue weighted by Crippen LogP contribution is -2.40. The third-order valence-corrected chi connectivity index (χ3v) is 4.45. The predicted octanol–water partition coefficient (Wildman–Crippen LogP) is 3.69. The van der Waals surface area contributed by atoms with Gasteiger partial charge in [0.15, 0.2) is 0 Å². The zero-order valence-electron chi connectivity index (χ0n) is 12.5. The van der Waals surface area contributed by atoms with E-state index < -0.39 is 0 Å². The number of hydrogen-bond donors (Lipinski definition) is 1. The Kier molecular flexibility index (Phi) is 3.11. The minimum atomic E-state index is 0.135. The SMILES string of the molecule is CCC1(n2c(N)nc3c(OC(C)C)cccc32)CCC1. The molecule has 2 aromatic rings. The third kappa shape index (κ3) is 1.86. The molecule has 0 saturated heterocycles. The summed E-state index contributed by atoms with van der Waals surface area (Å²) in [5, 5.41) is 0. The standard InChI is InChI=1S/C16H23N3O/c1-4-16(9-6-10-16)19-12-7-5-8-13(20-11(2)3)14(12)18-15(19)17/h5,7-8,11H,4,6,9-10H2,1-3H3,(H2,17,18). The van der Waals surface area contributed by atoms with Crippen LogP contribution in [0.1, 0.15) is 46.5 Å². The van der Waals surface area contributed by atoms with Crippen LogP contribution in [0, 0.1) is 0 Å². The van der Waals surface area contributed by atoms with E-state index in [4.69, 9.17) is 10.5 Å². The zero-order chi connectivity index (χ0) is 14.3. The van der Waals surface area contributed by atoms with Crippen LogP contribution in [0.4, 0.5) is 5.95 Å². The molecular weight excluding hydrogens is 250 g/mol. The highest BCUT2D eigenvalue weighted by molar-refractivity contribution is 5.84. The minimum Gasteiger partial charge on any atom is -0.489 e. The lowest BCUT2D eigenvalue weighted by Gasteiger charge is -2.43. The number of rotatable bonds is 4. The van der Waals surface area contributed by atoms with Gasteiger partial charge in [-0.1, -0.05) is 13.0 Å². The summed E-state index contributed by atoms with van der Waals surface area (Å²) in [6.07, 6.45) is 4.88. The number of imidazole rings is 1. The van der Waals surface area contributed by atoms with Gasteiger partial charge in [-0.2, -0.15) is 0 Å². The van der Waals surface area contributed by atoms with Crippen LogP contribution < -0.4 is 10.5 Å². The number of hydrogen-bond acceptors (Lipinski definition) is 3. The molecule has 108 valence electrons. The second-order valence-electron chi connectivity index (χ2n) is 6.03. The summed E-state index contributed by atoms with van der Waals surface area (Å²) in [6.45, 7) is 6.29. The van der Waals surface area contributed by atoms with Crippen molar-refractivity contribution in [1.82, 2.24) is 9.55 Å². The summed E-state index contributed by atoms with van der Waals surface area (Å²) < 4.78 is 8.10. The monoisotopic (exact) mass is 273 g/mol. The molecule has 1 saturated carbocycles. The largest absolute Gasteiger partial charge is 0.489 e. The molecule has 4 nitrogen and oxygen atoms in total. The molecule has 20 heavy (non-hydrogen) atoms. The fourth-order valence-corrected chi connectivity index (χ4v) is 3.26. The smallest absolute Gasteiger partial charge is 0.201 e. The summed E-state index contributed by atoms with van der Waals surface area (Å²) in [4.78, 5) is 4.58. The molecule has 0 amide bonds. The van der Waals surface area contributed by atoms with Crippen molar-refractivity contribution in [2.75, 3.05) is 5.73 Å². The number of nitrogens with zero attached hydrogens (tertiary/aromatic N) is 2. The fraction of sp³-hybridized carbons (Fsp3) is 0.562. The van der Waals surface area contributed by atoms with Crippen molar-refractivity contribution in [2.24, 2.45) is 0 Å². The maximum absolute atomic E-state index is 6.22. The Morgan fingerprint density at radius 3 is 2.70 bits per heavy atom. The second-order valence-corrected chi connectivity index (χ2v) is 6.03. The van der Waals surface area contributed by atoms with Crippen LogP contribution in [0.5, 0.6) is 5.75 Å². The van der Waals surface area contributed by atoms with E-state index >= 15 is 0 Å². The highest BCUT2D eigenvalue weighted by Crippen LogP contribution is 2.46. The van der Waals surface area contributed by atoms with E-state index in [1.807, 2.05) is 26.0 Å². The van der Waals surface area contributed by atoms with Crippen molar-refractivity contribution >= 4 is 17.0 Å². The summed E-state index contributed by atoms with van der Waals surface area (Å²) >= 11 is 0. The van der Waals surface area contributed by atoms with Crippen LogP contribution in [0.2, 0.25) is 0 Å². The van der Waals surface area contributed by atoms with Gasteiger partial charge in [-0.3, -0.25) is 0 Å². The molecule has 1 fully saturated rings. The van der Waals surface area contributed by atoms with Gasteiger partial charge in [-0.15, -0.1) is 0 Å². The van der Waals surface area contributed by atoms with Gasteiger partial charge in [0.25, 0.3) is 0 Å². The lowest BCUT2D eigenvalue weighted by molar-refractivity contribution is 0.144. The molecule has 1 aromatic carbocycles. The van der Waals surface area contributed by atoms with Gasteiger partial charge < -0.3 is 15.0 Å². The molecule has 1 heterocycles. The van der Waals surface area contributed by atoms with Crippen LogP contribution in [-0.4, -0.2) is 15.7 Å². The molecule has 0 unspecified atom stereocenters. The van der Waals surface area contributed by atoms with Gasteiger partial charge in [0.1, 0.15) is 11.3 Å². The first-order chi connectivity index (χ1) is 9.57. The Hall–Kier alpha value is -1.71. The number of para-hydroxylation sites is 1. The van der Waals surface area contributed by atoms with Gasteiger partial charge in [0, 0.05) is 5.54 Å². The number of fused-ring (bicyclic) bond motifs is 1. The topological polar surface area (TPSA) is 53.1 Å². The Labute approximate surface area is 119 Å². The first-order valence-corrected chi connectivity index (χ1v) is 7.51. The van der Waals surface area contributed by atoms with Crippen molar-refractivity contribution < 1.29 is 4.74 Å². The summed E-state index contributed by atoms with van der Waals surface area (Å²) in [7, 11) is 0. The van der Waals surface area contributed by atoms with Crippen molar-refractivity contribution in [2.45, 2.75) is 58.1 Å². The third-order valence-electron chi connectivity index (χ3n) is 4.45. The summed E-state index contributed by atoms with van der Waals surface area (Å²) in [6, 6.07) is 6.10. The van der Waals surface area contributed by atoms with Crippen molar-refractivity contribution in [3.05, 3.63) is 18.2 Å². The molecule has 0 aliphatic heterocycles. The van der Waals surface area contributed by atoms with Crippen molar-refractivity contribution in [1.29, 1.82) is 0 Å². The quantitative estimate of drug-likeness (QED) is 0.924. The molecule has 2 N–H and O–H groups in total. The van der Waals surface area contributed by atoms with E-state index in [1.54, 1.807) is 0 Å². The van der Waals surface area contributed by atoms with Crippen LogP contribution >= 0.6 is 0 Å². The van der Waals surface area contributed by atoms with Crippen molar-refractivity contribution in [3.8, 4) is 5.75 Å². The van der Waals surface area contributed by atoms with Gasteiger partial charge in [0.2, 0.25) is 5.95 Å². The maximum Gasteiger partial charge on any atom is 0.201 e. The van der Waals surface area contributed by atoms with Gasteiger partial charge in [-0.25, -0.2) is 4.98 Å². The lowest BCUT2D eigenvalue weighted by atomic mass is 9.74. The average molecular weight is 273 g/mol. The Bertz CT molecular complexity index is 620. The van der Waals surface area contributed by atoms with Crippen LogP contribution in [0.3, 0.4) is 0 Å². The normalized spacial score (nSPS) is 17.4. The van der Waals surface area contributed by atoms with E-state index in [2.05, 4.69) is 22.5 Å². The van der Waals surface area contributed by atoms with Crippen LogP contribution in [0.25, 0.3) is 11.0 Å². The molecule has 4 heteroatoms. The van der Waals surface area contributed by atoms with Crippen molar-refractivity contribution in [3.63, 3.8) is 0 Å². The number of ether oxygens (including phenoxy) is 1. The highest BCUT2D eigenvalue weighted by Gasteiger charge is 2.39. The van der Waals surface area contributed by atoms with E-state index in [1.165, 1.54) is 19.3 Å². The molecule has 0 atom stereocenters. The Morgan fingerprint density at radius 1 is 1.40 bits per heavy atom. The van der Waals surface area contributed by atoms with E-state index in [-0.39, 0.29) is 11.6 Å². The molecule has 0 radical (unpaired) electrons. The molecule has 1 aliphatic rings. The number of benzene rings is 1. The molecule has 3 rings (SSSR count). The minimum absolute atomic E-state index is 0.135. The summed E-state index contributed by atoms with van der Waals surface area (Å²) in [5.74, 6) is 1.44. The molecular formula is C16H23N3O. The zero-order valence-corrected chi connectivity index (χ0v) is 12.5. The fourth-order valence-electron chi connectivity index (χ4n) is 3.26. The molecule has 1 aromatic heterocycles. The average Bonchev–Trinajstić information content (AvgIpc) is 2.67. The van der Waals surface area contributed by atoms with Gasteiger partial charge in [-0.05, 0) is 51.7 Å².